The van der Waals surface area contributed by atoms with E-state index in [1.54, 1.807) is 0 Å². The third-order valence-electron chi connectivity index (χ3n) is 17.5. The maximum Gasteiger partial charge on any atom is -0.0000142 e. The molecule has 14 aromatic carbocycles. The standard InChI is InChI=1S/C68H66/c1-63(2,3)33-23-37-38-24-34(64(4,5)6)26-40-42-28-36(66(10,11)12)30-44-52(42)60-58(50(38)40)57-49(37)39(25-33)41-27-35(65(7,8)9)29-43-51(41)59(57)61-55-47-31(21-45(53(43)55)67(13,14)15)19-20-32-22-46(68(16,17)18)54(44)56(48(32)47)62(60)61/h19-30H,1-18H3. The molecule has 0 amide bonds. The van der Waals surface area contributed by atoms with Gasteiger partial charge in [-0.2, -0.15) is 0 Å². The average molecular weight is 883 g/mol. The zero-order valence-corrected chi connectivity index (χ0v) is 43.9. The fourth-order valence-corrected chi connectivity index (χ4v) is 13.9. The molecule has 0 fully saturated rings. The van der Waals surface area contributed by atoms with E-state index in [2.05, 4.69) is 197 Å². The highest BCUT2D eigenvalue weighted by atomic mass is 14.4. The van der Waals surface area contributed by atoms with Crippen molar-refractivity contribution in [2.75, 3.05) is 0 Å². The van der Waals surface area contributed by atoms with E-state index in [-0.39, 0.29) is 32.5 Å². The Morgan fingerprint density at radius 1 is 0.191 bits per heavy atom. The van der Waals surface area contributed by atoms with E-state index in [0.29, 0.717) is 0 Å². The third-order valence-corrected chi connectivity index (χ3v) is 17.5. The Morgan fingerprint density at radius 2 is 0.397 bits per heavy atom. The number of hydrogen-bond acceptors (Lipinski definition) is 0. The Balaban J connectivity index is 1.49. The summed E-state index contributed by atoms with van der Waals surface area (Å²) in [6.07, 6.45) is 0. The lowest BCUT2D eigenvalue weighted by atomic mass is 9.68. The van der Waals surface area contributed by atoms with E-state index in [1.165, 1.54) is 173 Å². The molecule has 0 aliphatic carbocycles. The zero-order chi connectivity index (χ0) is 48.0. The lowest BCUT2D eigenvalue weighted by Crippen LogP contribution is -2.15. The van der Waals surface area contributed by atoms with Crippen LogP contribution in [0.2, 0.25) is 0 Å². The summed E-state index contributed by atoms with van der Waals surface area (Å²) in [5.41, 5.74) is 8.12. The summed E-state index contributed by atoms with van der Waals surface area (Å²) < 4.78 is 0. The van der Waals surface area contributed by atoms with Crippen molar-refractivity contribution in [3.05, 3.63) is 106 Å². The second-order valence-electron chi connectivity index (χ2n) is 28.1. The van der Waals surface area contributed by atoms with Crippen LogP contribution in [0.1, 0.15) is 158 Å². The fraction of sp³-hybridized carbons (Fsp3) is 0.353. The predicted octanol–water partition coefficient (Wildman–Crippen LogP) is 20.5. The average Bonchev–Trinajstić information content (AvgIpc) is 3.23. The minimum Gasteiger partial charge on any atom is -0.0561 e. The summed E-state index contributed by atoms with van der Waals surface area (Å²) in [6, 6.07) is 31.3. The molecular formula is C68H66. The number of benzene rings is 14. The van der Waals surface area contributed by atoms with Crippen molar-refractivity contribution in [1.82, 2.24) is 0 Å². The van der Waals surface area contributed by atoms with Gasteiger partial charge in [0, 0.05) is 0 Å². The van der Waals surface area contributed by atoms with Crippen LogP contribution >= 0.6 is 0 Å². The largest absolute Gasteiger partial charge is 0.0561 e. The minimum absolute atomic E-state index is 0.0540. The number of hydrogen-bond donors (Lipinski definition) is 0. The molecular weight excluding hydrogens is 817 g/mol. The molecule has 14 aromatic rings. The van der Waals surface area contributed by atoms with Crippen molar-refractivity contribution in [2.45, 2.75) is 157 Å². The van der Waals surface area contributed by atoms with Gasteiger partial charge in [-0.15, -0.1) is 0 Å². The van der Waals surface area contributed by atoms with Gasteiger partial charge in [-0.1, -0.05) is 137 Å². The predicted molar refractivity (Wildman–Crippen MR) is 305 cm³/mol. The quantitative estimate of drug-likeness (QED) is 0.105. The van der Waals surface area contributed by atoms with Crippen molar-refractivity contribution in [3.63, 3.8) is 0 Å². The van der Waals surface area contributed by atoms with E-state index < -0.39 is 0 Å². The van der Waals surface area contributed by atoms with E-state index in [1.807, 2.05) is 0 Å². The molecule has 0 heterocycles. The van der Waals surface area contributed by atoms with Crippen LogP contribution in [-0.2, 0) is 32.5 Å². The number of fused-ring (bicyclic) bond motifs is 5. The fourth-order valence-electron chi connectivity index (χ4n) is 13.9. The Morgan fingerprint density at radius 3 is 0.632 bits per heavy atom. The molecule has 68 heavy (non-hydrogen) atoms. The first-order valence-corrected chi connectivity index (χ1v) is 25.7. The maximum atomic E-state index is 2.65. The van der Waals surface area contributed by atoms with Gasteiger partial charge in [0.15, 0.2) is 0 Å². The second kappa shape index (κ2) is 11.6. The lowest BCUT2D eigenvalue weighted by molar-refractivity contribution is 0.590. The molecule has 338 valence electrons. The van der Waals surface area contributed by atoms with Crippen LogP contribution < -0.4 is 0 Å². The van der Waals surface area contributed by atoms with Crippen LogP contribution in [0.4, 0.5) is 0 Å². The topological polar surface area (TPSA) is 0 Å². The van der Waals surface area contributed by atoms with Crippen molar-refractivity contribution < 1.29 is 0 Å². The van der Waals surface area contributed by atoms with Gasteiger partial charge in [0.05, 0.1) is 0 Å². The highest BCUT2D eigenvalue weighted by Crippen LogP contribution is 2.63. The van der Waals surface area contributed by atoms with Gasteiger partial charge >= 0.3 is 0 Å². The summed E-state index contributed by atoms with van der Waals surface area (Å²) >= 11 is 0. The normalized spacial score (nSPS) is 14.9. The SMILES string of the molecule is CC(C)(C)c1cc2c3cc(C(C)(C)C)cc4c5cc(C(C)(C)C)cc6c7c(C(C)(C)C)cc8ccc9cc(C(C)(C)C)c%10c%11cc(C(C)(C)C)cc%12c(c1)c2c1c(c34)c(c56)c2c7c8c9c%10c2c1c%12%11. The van der Waals surface area contributed by atoms with Crippen molar-refractivity contribution in [3.8, 4) is 0 Å². The first-order valence-electron chi connectivity index (χ1n) is 25.7. The second-order valence-corrected chi connectivity index (χ2v) is 28.1. The minimum atomic E-state index is -0.0980. The molecule has 0 atom stereocenters. The van der Waals surface area contributed by atoms with Gasteiger partial charge in [-0.25, -0.2) is 0 Å². The third kappa shape index (κ3) is 4.75. The summed E-state index contributed by atoms with van der Waals surface area (Å²) in [5.74, 6) is 0. The van der Waals surface area contributed by atoms with Crippen LogP contribution in [0.3, 0.4) is 0 Å². The number of rotatable bonds is 0. The van der Waals surface area contributed by atoms with Gasteiger partial charge in [-0.3, -0.25) is 0 Å². The summed E-state index contributed by atoms with van der Waals surface area (Å²) in [6.45, 7) is 43.7. The van der Waals surface area contributed by atoms with E-state index in [0.717, 1.165) is 0 Å². The van der Waals surface area contributed by atoms with Gasteiger partial charge in [0.1, 0.15) is 0 Å². The van der Waals surface area contributed by atoms with E-state index in [4.69, 9.17) is 0 Å². The Bertz CT molecular complexity index is 4190. The van der Waals surface area contributed by atoms with E-state index >= 15 is 0 Å². The smallest absolute Gasteiger partial charge is 0.0000142 e. The van der Waals surface area contributed by atoms with Gasteiger partial charge < -0.3 is 0 Å². The van der Waals surface area contributed by atoms with Crippen LogP contribution in [0.15, 0.2) is 72.8 Å². The van der Waals surface area contributed by atoms with Crippen LogP contribution in [0.25, 0.3) is 140 Å². The van der Waals surface area contributed by atoms with Crippen molar-refractivity contribution in [2.24, 2.45) is 0 Å². The zero-order valence-electron chi connectivity index (χ0n) is 43.9. The highest BCUT2D eigenvalue weighted by molar-refractivity contribution is 6.62. The molecule has 0 saturated heterocycles. The molecule has 14 rings (SSSR count). The Kier molecular flexibility index (Phi) is 7.07. The summed E-state index contributed by atoms with van der Waals surface area (Å²) in [7, 11) is 0. The first-order chi connectivity index (χ1) is 31.5. The van der Waals surface area contributed by atoms with Gasteiger partial charge in [0.25, 0.3) is 0 Å². The van der Waals surface area contributed by atoms with Gasteiger partial charge in [0.2, 0.25) is 0 Å². The molecule has 0 aliphatic heterocycles. The van der Waals surface area contributed by atoms with Crippen molar-refractivity contribution >= 4 is 140 Å². The molecule has 0 bridgehead atoms. The van der Waals surface area contributed by atoms with Crippen LogP contribution in [0, 0.1) is 0 Å². The molecule has 0 aromatic heterocycles. The Labute approximate surface area is 401 Å². The van der Waals surface area contributed by atoms with Crippen LogP contribution in [-0.4, -0.2) is 0 Å². The summed E-state index contributed by atoms with van der Waals surface area (Å²) in [5, 5.41) is 37.7. The summed E-state index contributed by atoms with van der Waals surface area (Å²) in [4.78, 5) is 0. The highest BCUT2D eigenvalue weighted by Gasteiger charge is 2.37. The molecule has 0 aliphatic rings. The van der Waals surface area contributed by atoms with E-state index in [9.17, 15) is 0 Å². The molecule has 0 nitrogen and oxygen atoms in total. The molecule has 0 unspecified atom stereocenters. The Hall–Kier alpha value is -5.72. The maximum absolute atomic E-state index is 2.65. The molecule has 0 N–H and O–H groups in total. The van der Waals surface area contributed by atoms with Gasteiger partial charge in [-0.05, 0) is 267 Å². The molecule has 0 heteroatoms. The molecule has 0 saturated carbocycles. The first kappa shape index (κ1) is 41.3. The molecule has 0 radical (unpaired) electrons. The lowest BCUT2D eigenvalue weighted by Gasteiger charge is -2.35. The monoisotopic (exact) mass is 883 g/mol. The van der Waals surface area contributed by atoms with Crippen molar-refractivity contribution in [1.29, 1.82) is 0 Å². The molecule has 0 spiro atoms. The van der Waals surface area contributed by atoms with Crippen LogP contribution in [0.5, 0.6) is 0 Å².